The molecule has 148 valence electrons. The van der Waals surface area contributed by atoms with E-state index in [-0.39, 0.29) is 12.3 Å². The van der Waals surface area contributed by atoms with Crippen LogP contribution in [0.4, 0.5) is 11.5 Å². The molecule has 0 unspecified atom stereocenters. The number of nitrogens with zero attached hydrogens (tertiary/aromatic N) is 2. The highest BCUT2D eigenvalue weighted by molar-refractivity contribution is 6.36. The van der Waals surface area contributed by atoms with Crippen molar-refractivity contribution in [2.75, 3.05) is 17.7 Å². The summed E-state index contributed by atoms with van der Waals surface area (Å²) in [4.78, 5) is 25.2. The van der Waals surface area contributed by atoms with Crippen molar-refractivity contribution in [1.29, 1.82) is 0 Å². The van der Waals surface area contributed by atoms with Gasteiger partial charge >= 0.3 is 0 Å². The minimum Gasteiger partial charge on any atom is -0.496 e. The second-order valence-electron chi connectivity index (χ2n) is 6.43. The van der Waals surface area contributed by atoms with Gasteiger partial charge in [0.25, 0.3) is 0 Å². The van der Waals surface area contributed by atoms with Crippen LogP contribution >= 0.6 is 23.2 Å². The van der Waals surface area contributed by atoms with E-state index in [2.05, 4.69) is 15.7 Å². The number of amides is 2. The third-order valence-corrected chi connectivity index (χ3v) is 5.16. The standard InChI is InChI=1S/C20H16Cl2N4O3/c1-29-17-5-3-2-4-12(17)13-10-23-26-16(9-18(27)25-19(13)26)20(28)24-15-7-6-11(21)8-14(15)22/h2-8,10,16H,9H2,1H3,(H,24,28)(H,25,27)/t16-/m1/s1. The Hall–Kier alpha value is -3.03. The Morgan fingerprint density at radius 3 is 2.79 bits per heavy atom. The maximum atomic E-state index is 12.9. The molecule has 29 heavy (non-hydrogen) atoms. The van der Waals surface area contributed by atoms with Gasteiger partial charge in [-0.3, -0.25) is 9.59 Å². The van der Waals surface area contributed by atoms with E-state index < -0.39 is 11.9 Å². The van der Waals surface area contributed by atoms with Crippen LogP contribution in [0.1, 0.15) is 12.5 Å². The van der Waals surface area contributed by atoms with E-state index in [1.165, 1.54) is 10.7 Å². The molecule has 0 radical (unpaired) electrons. The molecule has 0 aliphatic carbocycles. The predicted molar refractivity (Wildman–Crippen MR) is 112 cm³/mol. The van der Waals surface area contributed by atoms with E-state index >= 15 is 0 Å². The van der Waals surface area contributed by atoms with Gasteiger partial charge in [0.15, 0.2) is 0 Å². The predicted octanol–water partition coefficient (Wildman–Crippen LogP) is 4.39. The number of hydrogen-bond acceptors (Lipinski definition) is 4. The molecule has 4 rings (SSSR count). The van der Waals surface area contributed by atoms with Crippen LogP contribution in [0.25, 0.3) is 11.1 Å². The molecule has 1 atom stereocenters. The zero-order chi connectivity index (χ0) is 20.5. The molecule has 0 fully saturated rings. The summed E-state index contributed by atoms with van der Waals surface area (Å²) in [6.07, 6.45) is 1.56. The maximum Gasteiger partial charge on any atom is 0.249 e. The van der Waals surface area contributed by atoms with Crippen LogP contribution in [0, 0.1) is 0 Å². The monoisotopic (exact) mass is 430 g/mol. The Kier molecular flexibility index (Phi) is 5.17. The molecule has 0 saturated carbocycles. The smallest absolute Gasteiger partial charge is 0.249 e. The van der Waals surface area contributed by atoms with Crippen LogP contribution in [-0.4, -0.2) is 28.7 Å². The molecule has 2 N–H and O–H groups in total. The van der Waals surface area contributed by atoms with Crippen LogP contribution in [0.15, 0.2) is 48.7 Å². The van der Waals surface area contributed by atoms with Crippen LogP contribution in [0.5, 0.6) is 5.75 Å². The third-order valence-electron chi connectivity index (χ3n) is 4.62. The zero-order valence-electron chi connectivity index (χ0n) is 15.3. The number of anilines is 2. The fourth-order valence-corrected chi connectivity index (χ4v) is 3.70. The second kappa shape index (κ2) is 7.77. The first-order valence-electron chi connectivity index (χ1n) is 8.74. The summed E-state index contributed by atoms with van der Waals surface area (Å²) in [7, 11) is 1.57. The van der Waals surface area contributed by atoms with E-state index in [0.717, 1.165) is 5.56 Å². The van der Waals surface area contributed by atoms with E-state index in [0.29, 0.717) is 32.9 Å². The highest BCUT2D eigenvalue weighted by atomic mass is 35.5. The fourth-order valence-electron chi connectivity index (χ4n) is 3.24. The summed E-state index contributed by atoms with van der Waals surface area (Å²) in [5.41, 5.74) is 1.84. The van der Waals surface area contributed by atoms with Crippen LogP contribution < -0.4 is 15.4 Å². The summed E-state index contributed by atoms with van der Waals surface area (Å²) in [5, 5.41) is 10.7. The molecule has 7 nitrogen and oxygen atoms in total. The summed E-state index contributed by atoms with van der Waals surface area (Å²) in [6, 6.07) is 11.3. The van der Waals surface area contributed by atoms with Gasteiger partial charge in [-0.2, -0.15) is 5.10 Å². The van der Waals surface area contributed by atoms with Gasteiger partial charge in [0.05, 0.1) is 30.4 Å². The number of ether oxygens (including phenoxy) is 1. The lowest BCUT2D eigenvalue weighted by Crippen LogP contribution is -2.35. The molecular weight excluding hydrogens is 415 g/mol. The van der Waals surface area contributed by atoms with Crippen LogP contribution in [-0.2, 0) is 9.59 Å². The van der Waals surface area contributed by atoms with Crippen molar-refractivity contribution < 1.29 is 14.3 Å². The first-order valence-corrected chi connectivity index (χ1v) is 9.50. The summed E-state index contributed by atoms with van der Waals surface area (Å²) in [6.45, 7) is 0. The number of aromatic nitrogens is 2. The molecule has 2 amide bonds. The topological polar surface area (TPSA) is 85.2 Å². The Morgan fingerprint density at radius 2 is 2.03 bits per heavy atom. The fraction of sp³-hybridized carbons (Fsp3) is 0.150. The molecule has 1 aromatic heterocycles. The Balaban J connectivity index is 1.69. The lowest BCUT2D eigenvalue weighted by atomic mass is 10.1. The van der Waals surface area contributed by atoms with Crippen molar-refractivity contribution in [1.82, 2.24) is 9.78 Å². The number of halogens is 2. The van der Waals surface area contributed by atoms with Crippen molar-refractivity contribution in [3.63, 3.8) is 0 Å². The van der Waals surface area contributed by atoms with Crippen molar-refractivity contribution >= 4 is 46.5 Å². The third kappa shape index (κ3) is 3.66. The summed E-state index contributed by atoms with van der Waals surface area (Å²) in [5.74, 6) is 0.390. The van der Waals surface area contributed by atoms with Crippen molar-refractivity contribution in [2.45, 2.75) is 12.5 Å². The number of benzene rings is 2. The normalized spacial score (nSPS) is 15.4. The molecule has 2 heterocycles. The highest BCUT2D eigenvalue weighted by Gasteiger charge is 2.33. The van der Waals surface area contributed by atoms with Gasteiger partial charge in [-0.05, 0) is 24.3 Å². The SMILES string of the molecule is COc1ccccc1-c1cnn2c1NC(=O)C[C@@H]2C(=O)Nc1ccc(Cl)cc1Cl. The minimum atomic E-state index is -0.825. The van der Waals surface area contributed by atoms with Gasteiger partial charge < -0.3 is 15.4 Å². The summed E-state index contributed by atoms with van der Waals surface area (Å²) >= 11 is 12.0. The lowest BCUT2D eigenvalue weighted by Gasteiger charge is -2.25. The molecule has 3 aromatic rings. The summed E-state index contributed by atoms with van der Waals surface area (Å²) < 4.78 is 6.91. The van der Waals surface area contributed by atoms with Crippen molar-refractivity contribution in [3.8, 4) is 16.9 Å². The zero-order valence-corrected chi connectivity index (χ0v) is 16.8. The van der Waals surface area contributed by atoms with Crippen LogP contribution in [0.2, 0.25) is 10.0 Å². The molecular formula is C20H16Cl2N4O3. The average Bonchev–Trinajstić information content (AvgIpc) is 3.12. The highest BCUT2D eigenvalue weighted by Crippen LogP contribution is 2.38. The molecule has 0 spiro atoms. The molecule has 1 aliphatic rings. The number of nitrogens with one attached hydrogen (secondary N) is 2. The average molecular weight is 431 g/mol. The quantitative estimate of drug-likeness (QED) is 0.642. The Morgan fingerprint density at radius 1 is 1.24 bits per heavy atom. The molecule has 0 bridgehead atoms. The largest absolute Gasteiger partial charge is 0.496 e. The second-order valence-corrected chi connectivity index (χ2v) is 7.28. The van der Waals surface area contributed by atoms with Crippen LogP contribution in [0.3, 0.4) is 0 Å². The molecule has 1 aliphatic heterocycles. The Bertz CT molecular complexity index is 1110. The van der Waals surface area contributed by atoms with Gasteiger partial charge in [-0.1, -0.05) is 41.4 Å². The van der Waals surface area contributed by atoms with E-state index in [4.69, 9.17) is 27.9 Å². The van der Waals surface area contributed by atoms with Crippen molar-refractivity contribution in [3.05, 3.63) is 58.7 Å². The first kappa shape index (κ1) is 19.3. The van der Waals surface area contributed by atoms with Gasteiger partial charge in [-0.25, -0.2) is 4.68 Å². The van der Waals surface area contributed by atoms with Gasteiger partial charge in [0.1, 0.15) is 17.6 Å². The molecule has 9 heteroatoms. The molecule has 0 saturated heterocycles. The molecule has 2 aromatic carbocycles. The van der Waals surface area contributed by atoms with E-state index in [1.807, 2.05) is 24.3 Å². The van der Waals surface area contributed by atoms with Crippen molar-refractivity contribution in [2.24, 2.45) is 0 Å². The number of rotatable bonds is 4. The number of methoxy groups -OCH3 is 1. The maximum absolute atomic E-state index is 12.9. The van der Waals surface area contributed by atoms with Gasteiger partial charge in [-0.15, -0.1) is 0 Å². The van der Waals surface area contributed by atoms with E-state index in [9.17, 15) is 9.59 Å². The lowest BCUT2D eigenvalue weighted by molar-refractivity contribution is -0.125. The first-order chi connectivity index (χ1) is 14.0. The number of hydrogen-bond donors (Lipinski definition) is 2. The number of carbonyl (C=O) groups is 2. The van der Waals surface area contributed by atoms with Gasteiger partial charge in [0.2, 0.25) is 11.8 Å². The number of carbonyl (C=O) groups excluding carboxylic acids is 2. The minimum absolute atomic E-state index is 0.0446. The van der Waals surface area contributed by atoms with E-state index in [1.54, 1.807) is 25.4 Å². The van der Waals surface area contributed by atoms with Gasteiger partial charge in [0, 0.05) is 16.1 Å². The Labute approximate surface area is 176 Å². The number of para-hydroxylation sites is 1. The number of fused-ring (bicyclic) bond motifs is 1.